The molecule has 2 amide bonds. The molecule has 6 nitrogen and oxygen atoms in total. The van der Waals surface area contributed by atoms with Crippen LogP contribution in [0.1, 0.15) is 43.2 Å². The highest BCUT2D eigenvalue weighted by molar-refractivity contribution is 6.10. The Kier molecular flexibility index (Phi) is 6.06. The summed E-state index contributed by atoms with van der Waals surface area (Å²) in [7, 11) is 0. The van der Waals surface area contributed by atoms with Crippen LogP contribution in [0, 0.1) is 26.6 Å². The molecule has 1 aromatic heterocycles. The van der Waals surface area contributed by atoms with Crippen molar-refractivity contribution in [3.8, 4) is 11.3 Å². The molecular formula is C29H25FN4O2. The fourth-order valence-corrected chi connectivity index (χ4v) is 4.56. The molecule has 5 rings (SSSR count). The molecule has 1 aliphatic rings. The average Bonchev–Trinajstić information content (AvgIpc) is 3.02. The number of amides is 2. The first-order valence-electron chi connectivity index (χ1n) is 11.7. The number of nitrogens with zero attached hydrogens (tertiary/aromatic N) is 3. The molecule has 1 aliphatic heterocycles. The number of fused-ring (bicyclic) bond motifs is 3. The molecule has 1 N–H and O–H groups in total. The van der Waals surface area contributed by atoms with E-state index in [0.29, 0.717) is 35.6 Å². The molecule has 7 heteroatoms. The number of anilines is 2. The Balaban J connectivity index is 1.44. The fraction of sp³-hybridized carbons (Fsp3) is 0.172. The normalized spacial score (nSPS) is 12.4. The minimum absolute atomic E-state index is 0.128. The Morgan fingerprint density at radius 3 is 2.58 bits per heavy atom. The van der Waals surface area contributed by atoms with Crippen molar-refractivity contribution in [3.05, 3.63) is 106 Å². The van der Waals surface area contributed by atoms with Crippen LogP contribution in [0.25, 0.3) is 11.3 Å². The number of aryl methyl sites for hydroxylation is 2. The maximum atomic E-state index is 13.9. The molecule has 36 heavy (non-hydrogen) atoms. The molecule has 2 heterocycles. The Labute approximate surface area is 208 Å². The van der Waals surface area contributed by atoms with Gasteiger partial charge in [-0.15, -0.1) is 0 Å². The molecule has 0 radical (unpaired) electrons. The van der Waals surface area contributed by atoms with Crippen LogP contribution in [-0.2, 0) is 6.42 Å². The Hall–Kier alpha value is -4.39. The summed E-state index contributed by atoms with van der Waals surface area (Å²) >= 11 is 0. The zero-order valence-electron chi connectivity index (χ0n) is 20.3. The number of rotatable bonds is 3. The van der Waals surface area contributed by atoms with Crippen LogP contribution >= 0.6 is 0 Å². The number of carbonyl (C=O) groups excluding carboxylic acids is 2. The monoisotopic (exact) mass is 480 g/mol. The van der Waals surface area contributed by atoms with Crippen LogP contribution in [0.15, 0.2) is 66.9 Å². The SMILES string of the molecule is Cc1ncc2c(n1)-c1ccccc1N(C(=O)c1ccc(NC(=O)c3cccc(F)c3C)cc1C)CC2. The van der Waals surface area contributed by atoms with E-state index in [9.17, 15) is 14.0 Å². The number of hydrogen-bond donors (Lipinski definition) is 1. The summed E-state index contributed by atoms with van der Waals surface area (Å²) in [6, 6.07) is 17.4. The van der Waals surface area contributed by atoms with Crippen molar-refractivity contribution in [2.75, 3.05) is 16.8 Å². The minimum Gasteiger partial charge on any atom is -0.322 e. The van der Waals surface area contributed by atoms with E-state index < -0.39 is 11.7 Å². The van der Waals surface area contributed by atoms with Gasteiger partial charge in [0.2, 0.25) is 0 Å². The maximum Gasteiger partial charge on any atom is 0.258 e. The topological polar surface area (TPSA) is 75.2 Å². The van der Waals surface area contributed by atoms with E-state index in [1.165, 1.54) is 12.1 Å². The standard InChI is InChI=1S/C29H25FN4O2/c1-17-15-21(33-28(35)23-8-6-9-25(30)18(23)2)11-12-22(17)29(36)34-14-13-20-16-31-19(3)32-27(20)24-7-4-5-10-26(24)34/h4-12,15-16H,13-14H2,1-3H3,(H,33,35). The van der Waals surface area contributed by atoms with Crippen LogP contribution in [-0.4, -0.2) is 28.3 Å². The van der Waals surface area contributed by atoms with Crippen LogP contribution in [0.3, 0.4) is 0 Å². The Bertz CT molecular complexity index is 1520. The quantitative estimate of drug-likeness (QED) is 0.410. The number of nitrogens with one attached hydrogen (secondary N) is 1. The van der Waals surface area contributed by atoms with Gasteiger partial charge in [-0.2, -0.15) is 0 Å². The number of halogens is 1. The molecule has 0 spiro atoms. The molecule has 0 unspecified atom stereocenters. The lowest BCUT2D eigenvalue weighted by Gasteiger charge is -2.24. The number of aromatic nitrogens is 2. The predicted molar refractivity (Wildman–Crippen MR) is 138 cm³/mol. The molecule has 0 bridgehead atoms. The number of hydrogen-bond acceptors (Lipinski definition) is 4. The lowest BCUT2D eigenvalue weighted by atomic mass is 10.0. The van der Waals surface area contributed by atoms with Crippen molar-refractivity contribution in [1.82, 2.24) is 9.97 Å². The van der Waals surface area contributed by atoms with Crippen molar-refractivity contribution in [1.29, 1.82) is 0 Å². The van der Waals surface area contributed by atoms with Crippen molar-refractivity contribution >= 4 is 23.2 Å². The summed E-state index contributed by atoms with van der Waals surface area (Å²) < 4.78 is 13.9. The van der Waals surface area contributed by atoms with E-state index in [4.69, 9.17) is 0 Å². The van der Waals surface area contributed by atoms with Gasteiger partial charge in [-0.25, -0.2) is 14.4 Å². The van der Waals surface area contributed by atoms with Gasteiger partial charge in [-0.05, 0) is 80.3 Å². The lowest BCUT2D eigenvalue weighted by Crippen LogP contribution is -2.33. The molecule has 0 atom stereocenters. The third-order valence-electron chi connectivity index (χ3n) is 6.51. The van der Waals surface area contributed by atoms with Gasteiger partial charge in [0.05, 0.1) is 11.4 Å². The highest BCUT2D eigenvalue weighted by atomic mass is 19.1. The molecule has 0 fully saturated rings. The summed E-state index contributed by atoms with van der Waals surface area (Å²) in [6.45, 7) is 5.76. The zero-order valence-corrected chi connectivity index (χ0v) is 20.3. The molecule has 0 saturated carbocycles. The van der Waals surface area contributed by atoms with Gasteiger partial charge in [-0.1, -0.05) is 24.3 Å². The van der Waals surface area contributed by atoms with Crippen LogP contribution in [0.2, 0.25) is 0 Å². The second-order valence-corrected chi connectivity index (χ2v) is 8.91. The highest BCUT2D eigenvalue weighted by Crippen LogP contribution is 2.36. The van der Waals surface area contributed by atoms with Crippen molar-refractivity contribution in [2.45, 2.75) is 27.2 Å². The first-order chi connectivity index (χ1) is 17.3. The molecular weight excluding hydrogens is 455 g/mol. The third kappa shape index (κ3) is 4.24. The first-order valence-corrected chi connectivity index (χ1v) is 11.7. The van der Waals surface area contributed by atoms with Gasteiger partial charge >= 0.3 is 0 Å². The van der Waals surface area contributed by atoms with Crippen molar-refractivity contribution in [3.63, 3.8) is 0 Å². The van der Waals surface area contributed by atoms with E-state index >= 15 is 0 Å². The van der Waals surface area contributed by atoms with E-state index in [0.717, 1.165) is 28.1 Å². The number of benzene rings is 3. The summed E-state index contributed by atoms with van der Waals surface area (Å²) in [5.74, 6) is -0.275. The number of para-hydroxylation sites is 1. The van der Waals surface area contributed by atoms with Gasteiger partial charge < -0.3 is 10.2 Å². The fourth-order valence-electron chi connectivity index (χ4n) is 4.56. The van der Waals surface area contributed by atoms with Crippen molar-refractivity contribution in [2.24, 2.45) is 0 Å². The summed E-state index contributed by atoms with van der Waals surface area (Å²) in [5, 5.41) is 2.81. The lowest BCUT2D eigenvalue weighted by molar-refractivity contribution is 0.0985. The smallest absolute Gasteiger partial charge is 0.258 e. The van der Waals surface area contributed by atoms with E-state index in [1.807, 2.05) is 44.3 Å². The van der Waals surface area contributed by atoms with Crippen LogP contribution in [0.4, 0.5) is 15.8 Å². The minimum atomic E-state index is -0.430. The van der Waals surface area contributed by atoms with Gasteiger partial charge in [0.1, 0.15) is 11.6 Å². The zero-order chi connectivity index (χ0) is 25.4. The van der Waals surface area contributed by atoms with E-state index in [-0.39, 0.29) is 11.5 Å². The summed E-state index contributed by atoms with van der Waals surface area (Å²) in [4.78, 5) is 37.2. The second kappa shape index (κ2) is 9.34. The molecule has 180 valence electrons. The summed E-state index contributed by atoms with van der Waals surface area (Å²) in [6.07, 6.45) is 2.47. The van der Waals surface area contributed by atoms with Gasteiger partial charge in [0.25, 0.3) is 11.8 Å². The highest BCUT2D eigenvalue weighted by Gasteiger charge is 2.27. The van der Waals surface area contributed by atoms with E-state index in [2.05, 4.69) is 15.3 Å². The largest absolute Gasteiger partial charge is 0.322 e. The van der Waals surface area contributed by atoms with Crippen LogP contribution in [0.5, 0.6) is 0 Å². The first kappa shape index (κ1) is 23.4. The van der Waals surface area contributed by atoms with Crippen molar-refractivity contribution < 1.29 is 14.0 Å². The number of carbonyl (C=O) groups is 2. The average molecular weight is 481 g/mol. The van der Waals surface area contributed by atoms with Gasteiger partial charge in [0, 0.05) is 35.1 Å². The second-order valence-electron chi connectivity index (χ2n) is 8.91. The van der Waals surface area contributed by atoms with E-state index in [1.54, 1.807) is 36.1 Å². The predicted octanol–water partition coefficient (Wildman–Crippen LogP) is 5.66. The third-order valence-corrected chi connectivity index (χ3v) is 6.51. The Morgan fingerprint density at radius 1 is 0.972 bits per heavy atom. The maximum absolute atomic E-state index is 13.9. The Morgan fingerprint density at radius 2 is 1.78 bits per heavy atom. The molecule has 4 aromatic rings. The van der Waals surface area contributed by atoms with Crippen LogP contribution < -0.4 is 10.2 Å². The molecule has 3 aromatic carbocycles. The molecule has 0 saturated heterocycles. The van der Waals surface area contributed by atoms with Gasteiger partial charge in [0.15, 0.2) is 0 Å². The summed E-state index contributed by atoms with van der Waals surface area (Å²) in [5.41, 5.74) is 5.93. The molecule has 0 aliphatic carbocycles. The van der Waals surface area contributed by atoms with Gasteiger partial charge in [-0.3, -0.25) is 9.59 Å².